The van der Waals surface area contributed by atoms with E-state index in [0.717, 1.165) is 23.7 Å². The molecule has 0 fully saturated rings. The maximum atomic E-state index is 12.3. The molecule has 1 atom stereocenters. The Balaban J connectivity index is 1.81. The molecule has 0 saturated carbocycles. The maximum Gasteiger partial charge on any atom is 0.338 e. The summed E-state index contributed by atoms with van der Waals surface area (Å²) in [6.07, 6.45) is 3.30. The molecule has 1 aromatic carbocycles. The predicted molar refractivity (Wildman–Crippen MR) is 94.2 cm³/mol. The number of esters is 1. The molecular formula is C20H25NO3. The smallest absolute Gasteiger partial charge is 0.338 e. The Hall–Kier alpha value is -2.10. The molecule has 1 heterocycles. The summed E-state index contributed by atoms with van der Waals surface area (Å²) in [5, 5.41) is 1.10. The highest BCUT2D eigenvalue weighted by atomic mass is 16.5. The number of nitrogens with one attached hydrogen (secondary N) is 1. The fraction of sp³-hybridized carbons (Fsp3) is 0.500. The summed E-state index contributed by atoms with van der Waals surface area (Å²) in [5.74, 6) is 0.148. The quantitative estimate of drug-likeness (QED) is 0.865. The van der Waals surface area contributed by atoms with E-state index in [1.165, 1.54) is 17.7 Å². The minimum absolute atomic E-state index is 0.0789. The van der Waals surface area contributed by atoms with Crippen LogP contribution >= 0.6 is 0 Å². The Morgan fingerprint density at radius 3 is 2.75 bits per heavy atom. The van der Waals surface area contributed by atoms with Crippen LogP contribution in [0, 0.1) is 11.3 Å². The van der Waals surface area contributed by atoms with Crippen molar-refractivity contribution < 1.29 is 14.3 Å². The molecule has 0 bridgehead atoms. The number of hydrogen-bond acceptors (Lipinski definition) is 3. The Labute approximate surface area is 142 Å². The minimum atomic E-state index is -0.500. The zero-order chi connectivity index (χ0) is 17.5. The van der Waals surface area contributed by atoms with Crippen molar-refractivity contribution in [3.63, 3.8) is 0 Å². The molecule has 0 amide bonds. The lowest BCUT2D eigenvalue weighted by Gasteiger charge is -2.18. The fourth-order valence-electron chi connectivity index (χ4n) is 3.15. The molecule has 1 aromatic heterocycles. The molecular weight excluding hydrogens is 302 g/mol. The second-order valence-electron chi connectivity index (χ2n) is 7.94. The summed E-state index contributed by atoms with van der Waals surface area (Å²) < 4.78 is 5.21. The second kappa shape index (κ2) is 6.08. The number of aromatic nitrogens is 1. The van der Waals surface area contributed by atoms with Gasteiger partial charge < -0.3 is 9.72 Å². The van der Waals surface area contributed by atoms with Crippen molar-refractivity contribution in [2.24, 2.45) is 11.3 Å². The maximum absolute atomic E-state index is 12.3. The summed E-state index contributed by atoms with van der Waals surface area (Å²) in [7, 11) is 0. The lowest BCUT2D eigenvalue weighted by atomic mass is 9.87. The Morgan fingerprint density at radius 1 is 1.29 bits per heavy atom. The summed E-state index contributed by atoms with van der Waals surface area (Å²) in [5.41, 5.74) is 3.68. The van der Waals surface area contributed by atoms with Crippen LogP contribution < -0.4 is 0 Å². The summed E-state index contributed by atoms with van der Waals surface area (Å²) >= 11 is 0. The van der Waals surface area contributed by atoms with Crippen LogP contribution in [-0.2, 0) is 22.4 Å². The van der Waals surface area contributed by atoms with E-state index in [9.17, 15) is 9.59 Å². The lowest BCUT2D eigenvalue weighted by molar-refractivity contribution is -0.129. The van der Waals surface area contributed by atoms with E-state index >= 15 is 0 Å². The van der Waals surface area contributed by atoms with Gasteiger partial charge in [0.1, 0.15) is 0 Å². The van der Waals surface area contributed by atoms with Crippen molar-refractivity contribution in [3.05, 3.63) is 35.0 Å². The largest absolute Gasteiger partial charge is 0.454 e. The van der Waals surface area contributed by atoms with E-state index in [-0.39, 0.29) is 12.4 Å². The topological polar surface area (TPSA) is 59.2 Å². The molecule has 24 heavy (non-hydrogen) atoms. The third-order valence-corrected chi connectivity index (χ3v) is 4.84. The average Bonchev–Trinajstić information content (AvgIpc) is 2.88. The van der Waals surface area contributed by atoms with Gasteiger partial charge in [0.25, 0.3) is 0 Å². The number of carbonyl (C=O) groups is 2. The average molecular weight is 327 g/mol. The van der Waals surface area contributed by atoms with Crippen LogP contribution in [0.4, 0.5) is 0 Å². The molecule has 0 aliphatic heterocycles. The summed E-state index contributed by atoms with van der Waals surface area (Å²) in [6, 6.07) is 5.59. The molecule has 0 spiro atoms. The van der Waals surface area contributed by atoms with Crippen molar-refractivity contribution in [1.29, 1.82) is 0 Å². The first-order chi connectivity index (χ1) is 11.3. The molecule has 1 N–H and O–H groups in total. The van der Waals surface area contributed by atoms with Crippen molar-refractivity contribution in [3.8, 4) is 0 Å². The lowest BCUT2D eigenvalue weighted by Crippen LogP contribution is -2.26. The van der Waals surface area contributed by atoms with E-state index in [4.69, 9.17) is 4.74 Å². The Bertz CT molecular complexity index is 795. The highest BCUT2D eigenvalue weighted by molar-refractivity contribution is 5.97. The van der Waals surface area contributed by atoms with Crippen LogP contribution in [-0.4, -0.2) is 23.3 Å². The number of aromatic amines is 1. The molecule has 0 radical (unpaired) electrons. The highest BCUT2D eigenvalue weighted by Gasteiger charge is 2.24. The molecule has 4 nitrogen and oxygen atoms in total. The number of H-pyrrole nitrogens is 1. The van der Waals surface area contributed by atoms with Gasteiger partial charge >= 0.3 is 5.97 Å². The van der Waals surface area contributed by atoms with Crippen LogP contribution in [0.15, 0.2) is 18.2 Å². The molecule has 1 aliphatic rings. The van der Waals surface area contributed by atoms with Crippen molar-refractivity contribution in [2.75, 3.05) is 6.61 Å². The predicted octanol–water partition coefficient (Wildman–Crippen LogP) is 4.06. The van der Waals surface area contributed by atoms with Gasteiger partial charge in [0.15, 0.2) is 12.4 Å². The van der Waals surface area contributed by atoms with Crippen LogP contribution in [0.1, 0.15) is 55.7 Å². The second-order valence-corrected chi connectivity index (χ2v) is 7.94. The van der Waals surface area contributed by atoms with Crippen LogP contribution in [0.5, 0.6) is 0 Å². The molecule has 2 aromatic rings. The highest BCUT2D eigenvalue weighted by Crippen LogP contribution is 2.32. The normalized spacial score (nSPS) is 17.6. The van der Waals surface area contributed by atoms with Crippen LogP contribution in [0.3, 0.4) is 0 Å². The number of ketones is 1. The van der Waals surface area contributed by atoms with Crippen molar-refractivity contribution in [1.82, 2.24) is 4.98 Å². The standard InChI is InChI=1S/C20H25NO3/c1-12-5-7-16-14(9-12)15-10-13(6-8-17(15)21-16)19(23)24-11-18(22)20(2,3)4/h6,8,10,12,21H,5,7,9,11H2,1-4H3/t12-/m1/s1. The van der Waals surface area contributed by atoms with Gasteiger partial charge in [-0.05, 0) is 48.9 Å². The number of benzene rings is 1. The monoisotopic (exact) mass is 327 g/mol. The first kappa shape index (κ1) is 16.7. The Morgan fingerprint density at radius 2 is 2.04 bits per heavy atom. The number of Topliss-reactive ketones (excluding diaryl/α,β-unsaturated/α-hetero) is 1. The molecule has 3 rings (SSSR count). The van der Waals surface area contributed by atoms with E-state index in [2.05, 4.69) is 11.9 Å². The SMILES string of the molecule is C[C@@H]1CCc2[nH]c3ccc(C(=O)OCC(=O)C(C)(C)C)cc3c2C1. The zero-order valence-electron chi connectivity index (χ0n) is 14.9. The third-order valence-electron chi connectivity index (χ3n) is 4.84. The van der Waals surface area contributed by atoms with E-state index < -0.39 is 11.4 Å². The van der Waals surface area contributed by atoms with Crippen LogP contribution in [0.25, 0.3) is 10.9 Å². The fourth-order valence-corrected chi connectivity index (χ4v) is 3.15. The number of carbonyl (C=O) groups excluding carboxylic acids is 2. The zero-order valence-corrected chi connectivity index (χ0v) is 14.9. The van der Waals surface area contributed by atoms with Crippen LogP contribution in [0.2, 0.25) is 0 Å². The molecule has 1 aliphatic carbocycles. The van der Waals surface area contributed by atoms with Gasteiger partial charge in [-0.2, -0.15) is 0 Å². The number of fused-ring (bicyclic) bond motifs is 3. The number of ether oxygens (including phenoxy) is 1. The molecule has 0 saturated heterocycles. The van der Waals surface area contributed by atoms with Gasteiger partial charge in [-0.25, -0.2) is 4.79 Å². The van der Waals surface area contributed by atoms with Crippen molar-refractivity contribution in [2.45, 2.75) is 47.0 Å². The number of rotatable bonds is 3. The van der Waals surface area contributed by atoms with Gasteiger partial charge in [-0.1, -0.05) is 27.7 Å². The van der Waals surface area contributed by atoms with Gasteiger partial charge in [-0.15, -0.1) is 0 Å². The molecule has 128 valence electrons. The first-order valence-corrected chi connectivity index (χ1v) is 8.59. The van der Waals surface area contributed by atoms with E-state index in [0.29, 0.717) is 11.5 Å². The van der Waals surface area contributed by atoms with Gasteiger partial charge in [-0.3, -0.25) is 4.79 Å². The number of aryl methyl sites for hydroxylation is 1. The summed E-state index contributed by atoms with van der Waals surface area (Å²) in [4.78, 5) is 27.7. The van der Waals surface area contributed by atoms with Crippen molar-refractivity contribution >= 4 is 22.7 Å². The van der Waals surface area contributed by atoms with Gasteiger partial charge in [0, 0.05) is 22.0 Å². The molecule has 0 unspecified atom stereocenters. The van der Waals surface area contributed by atoms with E-state index in [1.807, 2.05) is 32.9 Å². The van der Waals surface area contributed by atoms with Gasteiger partial charge in [0.2, 0.25) is 0 Å². The first-order valence-electron chi connectivity index (χ1n) is 8.59. The third kappa shape index (κ3) is 3.23. The summed E-state index contributed by atoms with van der Waals surface area (Å²) in [6.45, 7) is 7.55. The van der Waals surface area contributed by atoms with E-state index in [1.54, 1.807) is 6.07 Å². The Kier molecular flexibility index (Phi) is 4.24. The number of hydrogen-bond donors (Lipinski definition) is 1. The van der Waals surface area contributed by atoms with Gasteiger partial charge in [0.05, 0.1) is 5.56 Å². The minimum Gasteiger partial charge on any atom is -0.454 e. The molecule has 4 heteroatoms.